The highest BCUT2D eigenvalue weighted by Gasteiger charge is 2.43. The van der Waals surface area contributed by atoms with E-state index in [-0.39, 0.29) is 0 Å². The molecule has 0 aliphatic carbocycles. The Morgan fingerprint density at radius 3 is 2.39 bits per heavy atom. The van der Waals surface area contributed by atoms with Crippen molar-refractivity contribution < 1.29 is 19.3 Å². The monoisotopic (exact) mass is 272 g/mol. The highest BCUT2D eigenvalue weighted by atomic mass is 32.2. The zero-order chi connectivity index (χ0) is 13.3. The maximum atomic E-state index is 13.4. The Kier molecular flexibility index (Phi) is 4.27. The average Bonchev–Trinajstić information content (AvgIpc) is 2.36. The molecule has 1 aliphatic heterocycles. The number of aliphatic hydroxyl groups is 2. The van der Waals surface area contributed by atoms with E-state index in [0.717, 1.165) is 10.5 Å². The summed E-state index contributed by atoms with van der Waals surface area (Å²) in [4.78, 5) is 0.918. The molecule has 0 unspecified atom stereocenters. The molecule has 0 bridgehead atoms. The van der Waals surface area contributed by atoms with Gasteiger partial charge >= 0.3 is 0 Å². The van der Waals surface area contributed by atoms with Crippen LogP contribution >= 0.6 is 11.8 Å². The third kappa shape index (κ3) is 2.85. The smallest absolute Gasteiger partial charge is 0.154 e. The quantitative estimate of drug-likeness (QED) is 0.863. The van der Waals surface area contributed by atoms with E-state index in [4.69, 9.17) is 4.74 Å². The van der Waals surface area contributed by atoms with Crippen LogP contribution in [0, 0.1) is 6.92 Å². The van der Waals surface area contributed by atoms with Crippen molar-refractivity contribution in [2.45, 2.75) is 48.7 Å². The second kappa shape index (κ2) is 5.57. The number of hydrogen-bond donors (Lipinski definition) is 2. The summed E-state index contributed by atoms with van der Waals surface area (Å²) in [7, 11) is 0. The molecule has 2 rings (SSSR count). The number of ether oxygens (including phenoxy) is 1. The Hall–Kier alpha value is -0.620. The van der Waals surface area contributed by atoms with Crippen LogP contribution in [0.2, 0.25) is 0 Å². The number of benzene rings is 1. The van der Waals surface area contributed by atoms with Crippen LogP contribution in [0.5, 0.6) is 0 Å². The van der Waals surface area contributed by atoms with Gasteiger partial charge in [-0.2, -0.15) is 0 Å². The molecule has 1 aromatic carbocycles. The van der Waals surface area contributed by atoms with Gasteiger partial charge in [-0.3, -0.25) is 0 Å². The van der Waals surface area contributed by atoms with Crippen molar-refractivity contribution >= 4 is 11.8 Å². The van der Waals surface area contributed by atoms with Gasteiger partial charge in [0.15, 0.2) is 6.17 Å². The normalized spacial score (nSPS) is 36.6. The van der Waals surface area contributed by atoms with Crippen molar-refractivity contribution in [3.05, 3.63) is 29.8 Å². The van der Waals surface area contributed by atoms with Gasteiger partial charge in [0.25, 0.3) is 0 Å². The molecule has 0 saturated carbocycles. The molecule has 18 heavy (non-hydrogen) atoms. The van der Waals surface area contributed by atoms with E-state index in [9.17, 15) is 14.6 Å². The Balaban J connectivity index is 2.06. The number of halogens is 1. The molecular formula is C13H17FO3S. The minimum absolute atomic E-state index is 0.648. The van der Waals surface area contributed by atoms with Crippen molar-refractivity contribution in [1.29, 1.82) is 0 Å². The molecule has 1 fully saturated rings. The Bertz CT molecular complexity index is 398. The number of aliphatic hydroxyl groups excluding tert-OH is 2. The Labute approximate surface area is 110 Å². The van der Waals surface area contributed by atoms with Crippen LogP contribution in [0.25, 0.3) is 0 Å². The second-order valence-electron chi connectivity index (χ2n) is 4.57. The fraction of sp³-hybridized carbons (Fsp3) is 0.538. The van der Waals surface area contributed by atoms with Crippen molar-refractivity contribution in [2.75, 3.05) is 0 Å². The first-order valence-electron chi connectivity index (χ1n) is 5.88. The minimum Gasteiger partial charge on any atom is -0.387 e. The zero-order valence-corrected chi connectivity index (χ0v) is 11.1. The number of thioether (sulfide) groups is 1. The van der Waals surface area contributed by atoms with E-state index in [1.165, 1.54) is 11.8 Å². The molecule has 2 N–H and O–H groups in total. The molecule has 1 heterocycles. The topological polar surface area (TPSA) is 49.7 Å². The fourth-order valence-electron chi connectivity index (χ4n) is 1.84. The predicted octanol–water partition coefficient (Wildman–Crippen LogP) is 1.89. The highest BCUT2D eigenvalue weighted by Crippen LogP contribution is 2.34. The van der Waals surface area contributed by atoms with Crippen LogP contribution in [0.3, 0.4) is 0 Å². The molecule has 100 valence electrons. The molecule has 3 nitrogen and oxygen atoms in total. The molecule has 0 aromatic heterocycles. The third-order valence-electron chi connectivity index (χ3n) is 3.03. The lowest BCUT2D eigenvalue weighted by Crippen LogP contribution is -2.53. The molecule has 0 radical (unpaired) electrons. The van der Waals surface area contributed by atoms with E-state index >= 15 is 0 Å². The minimum atomic E-state index is -1.55. The highest BCUT2D eigenvalue weighted by molar-refractivity contribution is 7.99. The summed E-state index contributed by atoms with van der Waals surface area (Å²) in [6, 6.07) is 7.73. The largest absolute Gasteiger partial charge is 0.387 e. The molecule has 1 saturated heterocycles. The molecular weight excluding hydrogens is 255 g/mol. The first-order valence-corrected chi connectivity index (χ1v) is 6.76. The summed E-state index contributed by atoms with van der Waals surface area (Å²) >= 11 is 1.29. The molecule has 1 aromatic rings. The van der Waals surface area contributed by atoms with Gasteiger partial charge in [0.2, 0.25) is 0 Å². The molecule has 5 heteroatoms. The van der Waals surface area contributed by atoms with Gasteiger partial charge in [-0.25, -0.2) is 4.39 Å². The summed E-state index contributed by atoms with van der Waals surface area (Å²) in [5, 5.41) is 19.4. The number of alkyl halides is 1. The van der Waals surface area contributed by atoms with Crippen molar-refractivity contribution in [3.63, 3.8) is 0 Å². The van der Waals surface area contributed by atoms with Crippen molar-refractivity contribution in [2.24, 2.45) is 0 Å². The third-order valence-corrected chi connectivity index (χ3v) is 4.19. The SMILES string of the molecule is Cc1ccc(S[C@@H]2O[C@H](C)[C@@H](F)[C@H](O)[C@H]2O)cc1. The molecule has 0 amide bonds. The van der Waals surface area contributed by atoms with E-state index in [0.29, 0.717) is 0 Å². The maximum Gasteiger partial charge on any atom is 0.154 e. The number of rotatable bonds is 2. The average molecular weight is 272 g/mol. The van der Waals surface area contributed by atoms with Gasteiger partial charge in [-0.1, -0.05) is 29.5 Å². The van der Waals surface area contributed by atoms with Gasteiger partial charge in [0.05, 0.1) is 6.10 Å². The van der Waals surface area contributed by atoms with Gasteiger partial charge in [-0.05, 0) is 26.0 Å². The predicted molar refractivity (Wildman–Crippen MR) is 68.3 cm³/mol. The van der Waals surface area contributed by atoms with Crippen LogP contribution in [0.1, 0.15) is 12.5 Å². The van der Waals surface area contributed by atoms with Gasteiger partial charge in [0.1, 0.15) is 17.6 Å². The molecule has 0 spiro atoms. The number of aryl methyl sites for hydroxylation is 1. The molecule has 5 atom stereocenters. The van der Waals surface area contributed by atoms with E-state index in [2.05, 4.69) is 0 Å². The van der Waals surface area contributed by atoms with E-state index < -0.39 is 29.9 Å². The lowest BCUT2D eigenvalue weighted by molar-refractivity contribution is -0.170. The zero-order valence-electron chi connectivity index (χ0n) is 10.3. The van der Waals surface area contributed by atoms with E-state index in [1.54, 1.807) is 6.92 Å². The summed E-state index contributed by atoms with van der Waals surface area (Å²) in [5.74, 6) is 0. The molecule has 1 aliphatic rings. The Morgan fingerprint density at radius 2 is 1.78 bits per heavy atom. The maximum absolute atomic E-state index is 13.4. The standard InChI is InChI=1S/C13H17FO3S/c1-7-3-5-9(6-4-7)18-13-12(16)11(15)10(14)8(2)17-13/h3-6,8,10-13,15-16H,1-2H3/t8-,10-,11+,12-,13+/m1/s1. The van der Waals surface area contributed by atoms with Crippen LogP contribution < -0.4 is 0 Å². The summed E-state index contributed by atoms with van der Waals surface area (Å²) in [6.07, 6.45) is -4.87. The fourth-order valence-corrected chi connectivity index (χ4v) is 2.94. The summed E-state index contributed by atoms with van der Waals surface area (Å²) in [5.41, 5.74) is 0.492. The number of hydrogen-bond acceptors (Lipinski definition) is 4. The van der Waals surface area contributed by atoms with Crippen molar-refractivity contribution in [1.82, 2.24) is 0 Å². The van der Waals surface area contributed by atoms with Crippen LogP contribution in [0.15, 0.2) is 29.2 Å². The summed E-state index contributed by atoms with van der Waals surface area (Å²) in [6.45, 7) is 3.54. The van der Waals surface area contributed by atoms with Crippen LogP contribution in [0.4, 0.5) is 4.39 Å². The second-order valence-corrected chi connectivity index (χ2v) is 5.74. The van der Waals surface area contributed by atoms with Gasteiger partial charge in [0, 0.05) is 4.90 Å². The van der Waals surface area contributed by atoms with Gasteiger partial charge in [-0.15, -0.1) is 0 Å². The lowest BCUT2D eigenvalue weighted by atomic mass is 10.0. The summed E-state index contributed by atoms with van der Waals surface area (Å²) < 4.78 is 18.8. The van der Waals surface area contributed by atoms with Crippen molar-refractivity contribution in [3.8, 4) is 0 Å². The van der Waals surface area contributed by atoms with Crippen LogP contribution in [-0.2, 0) is 4.74 Å². The first-order chi connectivity index (χ1) is 8.49. The Morgan fingerprint density at radius 1 is 1.17 bits per heavy atom. The first kappa shape index (κ1) is 13.8. The van der Waals surface area contributed by atoms with Gasteiger partial charge < -0.3 is 14.9 Å². The van der Waals surface area contributed by atoms with E-state index in [1.807, 2.05) is 31.2 Å². The lowest BCUT2D eigenvalue weighted by Gasteiger charge is -2.37. The van der Waals surface area contributed by atoms with Crippen LogP contribution in [-0.4, -0.2) is 40.1 Å².